The Hall–Kier alpha value is -3.23. The van der Waals surface area contributed by atoms with Gasteiger partial charge in [0.2, 0.25) is 0 Å². The molecule has 1 amide bonds. The van der Waals surface area contributed by atoms with E-state index in [1.807, 2.05) is 0 Å². The second-order valence-corrected chi connectivity index (χ2v) is 6.93. The van der Waals surface area contributed by atoms with Gasteiger partial charge in [0.15, 0.2) is 0 Å². The molecule has 0 saturated carbocycles. The van der Waals surface area contributed by atoms with Gasteiger partial charge in [-0.2, -0.15) is 26.3 Å². The van der Waals surface area contributed by atoms with E-state index < -0.39 is 23.5 Å². The average Bonchev–Trinajstić information content (AvgIpc) is 2.69. The highest BCUT2D eigenvalue weighted by Gasteiger charge is 2.32. The van der Waals surface area contributed by atoms with Gasteiger partial charge >= 0.3 is 12.4 Å². The first-order chi connectivity index (χ1) is 14.2. The maximum Gasteiger partial charge on any atom is 0.416 e. The summed E-state index contributed by atoms with van der Waals surface area (Å²) in [5, 5.41) is 0. The van der Waals surface area contributed by atoms with Crippen LogP contribution in [0.4, 0.5) is 32.0 Å². The van der Waals surface area contributed by atoms with Gasteiger partial charge in [-0.3, -0.25) is 4.79 Å². The second kappa shape index (κ2) is 8.87. The zero-order chi connectivity index (χ0) is 23.6. The van der Waals surface area contributed by atoms with Crippen LogP contribution in [0.1, 0.15) is 21.5 Å². The smallest absolute Gasteiger partial charge is 0.345 e. The Morgan fingerprint density at radius 3 is 1.74 bits per heavy atom. The Kier molecular flexibility index (Phi) is 6.88. The molecule has 0 heterocycles. The number of hydrogen-bond acceptors (Lipinski definition) is 2. The van der Waals surface area contributed by atoms with Crippen LogP contribution in [0, 0.1) is 0 Å². The molecule has 0 bridgehead atoms. The van der Waals surface area contributed by atoms with Crippen molar-refractivity contribution in [2.45, 2.75) is 12.4 Å². The molecule has 0 saturated heterocycles. The van der Waals surface area contributed by atoms with Crippen LogP contribution in [0.15, 0.2) is 66.8 Å². The van der Waals surface area contributed by atoms with E-state index in [0.717, 1.165) is 30.3 Å². The number of carbonyl (C=O) groups is 1. The molecule has 3 nitrogen and oxygen atoms in total. The highest BCUT2D eigenvalue weighted by molar-refractivity contribution is 5.94. The highest BCUT2D eigenvalue weighted by Crippen LogP contribution is 2.34. The lowest BCUT2D eigenvalue weighted by atomic mass is 10.0. The van der Waals surface area contributed by atoms with Crippen molar-refractivity contribution in [2.75, 3.05) is 26.0 Å². The normalized spacial score (nSPS) is 12.5. The lowest BCUT2D eigenvalue weighted by Crippen LogP contribution is -2.22. The zero-order valence-corrected chi connectivity index (χ0v) is 17.0. The molecule has 0 aromatic heterocycles. The van der Waals surface area contributed by atoms with Crippen LogP contribution in [-0.2, 0) is 6.18 Å². The summed E-state index contributed by atoms with van der Waals surface area (Å²) >= 11 is 0. The number of benzene rings is 2. The van der Waals surface area contributed by atoms with Gasteiger partial charge in [-0.05, 0) is 48.0 Å². The van der Waals surface area contributed by atoms with Crippen LogP contribution in [0.2, 0.25) is 0 Å². The molecule has 2 aromatic carbocycles. The van der Waals surface area contributed by atoms with Gasteiger partial charge in [0.05, 0.1) is 11.1 Å². The van der Waals surface area contributed by atoms with Crippen molar-refractivity contribution in [1.82, 2.24) is 4.90 Å². The van der Waals surface area contributed by atoms with Crippen LogP contribution in [0.25, 0.3) is 5.70 Å². The third-order valence-corrected chi connectivity index (χ3v) is 4.45. The minimum absolute atomic E-state index is 0.0472. The predicted molar refractivity (Wildman–Crippen MR) is 107 cm³/mol. The van der Waals surface area contributed by atoms with E-state index in [2.05, 4.69) is 6.58 Å². The number of allylic oxidation sites excluding steroid dienone is 2. The summed E-state index contributed by atoms with van der Waals surface area (Å²) in [4.78, 5) is 14.7. The summed E-state index contributed by atoms with van der Waals surface area (Å²) in [5.41, 5.74) is -1.06. The maximum atomic E-state index is 13.1. The fourth-order valence-electron chi connectivity index (χ4n) is 2.68. The van der Waals surface area contributed by atoms with Crippen molar-refractivity contribution < 1.29 is 31.1 Å². The molecule has 31 heavy (non-hydrogen) atoms. The van der Waals surface area contributed by atoms with Crippen LogP contribution in [-0.4, -0.2) is 38.1 Å². The van der Waals surface area contributed by atoms with Gasteiger partial charge in [0, 0.05) is 38.1 Å². The first-order valence-corrected chi connectivity index (χ1v) is 8.92. The Morgan fingerprint density at radius 2 is 1.32 bits per heavy atom. The van der Waals surface area contributed by atoms with Gasteiger partial charge < -0.3 is 9.80 Å². The van der Waals surface area contributed by atoms with E-state index in [0.29, 0.717) is 11.1 Å². The first-order valence-electron chi connectivity index (χ1n) is 8.92. The topological polar surface area (TPSA) is 23.6 Å². The second-order valence-electron chi connectivity index (χ2n) is 6.93. The quantitative estimate of drug-likeness (QED) is 0.419. The largest absolute Gasteiger partial charge is 0.416 e. The summed E-state index contributed by atoms with van der Waals surface area (Å²) < 4.78 is 77.7. The van der Waals surface area contributed by atoms with Crippen molar-refractivity contribution in [1.29, 1.82) is 0 Å². The molecule has 0 radical (unpaired) electrons. The Labute approximate surface area is 175 Å². The van der Waals surface area contributed by atoms with Crippen molar-refractivity contribution >= 4 is 17.3 Å². The van der Waals surface area contributed by atoms with E-state index >= 15 is 0 Å². The standard InChI is InChI=1S/C22H20F6N2O/c1-14(21(23,24)25)13-19(15-5-7-16(8-6-15)20(31)29(2)3)30(4)18-11-9-17(10-12-18)22(26,27)28/h5-13H,1H2,2-4H3/b19-13-. The summed E-state index contributed by atoms with van der Waals surface area (Å²) in [6, 6.07) is 9.88. The minimum atomic E-state index is -4.69. The number of hydrogen-bond donors (Lipinski definition) is 0. The molecule has 9 heteroatoms. The van der Waals surface area contributed by atoms with E-state index in [1.54, 1.807) is 14.1 Å². The van der Waals surface area contributed by atoms with Gasteiger partial charge in [0.25, 0.3) is 5.91 Å². The Morgan fingerprint density at radius 1 is 0.839 bits per heavy atom. The van der Waals surface area contributed by atoms with Gasteiger partial charge in [-0.15, -0.1) is 0 Å². The molecule has 0 aliphatic heterocycles. The van der Waals surface area contributed by atoms with Crippen LogP contribution < -0.4 is 4.90 Å². The molecule has 2 rings (SSSR count). The van der Waals surface area contributed by atoms with Crippen LogP contribution >= 0.6 is 0 Å². The van der Waals surface area contributed by atoms with Gasteiger partial charge in [-0.1, -0.05) is 18.7 Å². The van der Waals surface area contributed by atoms with E-state index in [9.17, 15) is 31.1 Å². The molecule has 0 aliphatic carbocycles. The summed E-state index contributed by atoms with van der Waals surface area (Å²) in [5.74, 6) is -0.284. The lowest BCUT2D eigenvalue weighted by Gasteiger charge is -2.25. The van der Waals surface area contributed by atoms with Crippen LogP contribution in [0.3, 0.4) is 0 Å². The molecule has 0 aliphatic rings. The van der Waals surface area contributed by atoms with Gasteiger partial charge in [-0.25, -0.2) is 0 Å². The van der Waals surface area contributed by atoms with E-state index in [-0.39, 0.29) is 17.3 Å². The third kappa shape index (κ3) is 5.90. The number of nitrogens with zero attached hydrogens (tertiary/aromatic N) is 2. The van der Waals surface area contributed by atoms with Crippen molar-refractivity contribution in [2.24, 2.45) is 0 Å². The monoisotopic (exact) mass is 442 g/mol. The molecular weight excluding hydrogens is 422 g/mol. The predicted octanol–water partition coefficient (Wildman–Crippen LogP) is 6.00. The molecule has 0 atom stereocenters. The maximum absolute atomic E-state index is 13.1. The number of amides is 1. The number of rotatable bonds is 5. The molecule has 0 spiro atoms. The fraction of sp³-hybridized carbons (Fsp3) is 0.227. The van der Waals surface area contributed by atoms with Crippen LogP contribution in [0.5, 0.6) is 0 Å². The van der Waals surface area contributed by atoms with Crippen molar-refractivity contribution in [3.8, 4) is 0 Å². The number of halogens is 6. The minimum Gasteiger partial charge on any atom is -0.345 e. The molecular formula is C22H20F6N2O. The molecule has 0 N–H and O–H groups in total. The average molecular weight is 442 g/mol. The fourth-order valence-corrected chi connectivity index (χ4v) is 2.68. The third-order valence-electron chi connectivity index (χ3n) is 4.45. The van der Waals surface area contributed by atoms with E-state index in [1.165, 1.54) is 41.1 Å². The summed E-state index contributed by atoms with van der Waals surface area (Å²) in [6.07, 6.45) is -8.41. The lowest BCUT2D eigenvalue weighted by molar-refractivity contribution is -0.137. The van der Waals surface area contributed by atoms with Gasteiger partial charge in [0.1, 0.15) is 0 Å². The van der Waals surface area contributed by atoms with E-state index in [4.69, 9.17) is 0 Å². The molecule has 0 fully saturated rings. The molecule has 0 unspecified atom stereocenters. The first kappa shape index (κ1) is 24.0. The zero-order valence-electron chi connectivity index (χ0n) is 17.0. The summed E-state index contributed by atoms with van der Waals surface area (Å²) in [6.45, 7) is 3.05. The molecule has 2 aromatic rings. The number of anilines is 1. The van der Waals surface area contributed by atoms with Crippen molar-refractivity contribution in [3.63, 3.8) is 0 Å². The Balaban J connectivity index is 2.50. The highest BCUT2D eigenvalue weighted by atomic mass is 19.4. The number of carbonyl (C=O) groups excluding carboxylic acids is 1. The molecule has 166 valence electrons. The Bertz CT molecular complexity index is 971. The summed E-state index contributed by atoms with van der Waals surface area (Å²) in [7, 11) is 4.55. The SMILES string of the molecule is C=C(/C=C(/c1ccc(C(=O)N(C)C)cc1)N(C)c1ccc(C(F)(F)F)cc1)C(F)(F)F. The number of alkyl halides is 6. The van der Waals surface area contributed by atoms with Crippen molar-refractivity contribution in [3.05, 3.63) is 83.4 Å².